The summed E-state index contributed by atoms with van der Waals surface area (Å²) in [6.45, 7) is -4.95. The number of carbonyl (C=O) groups is 3. The Bertz CT molecular complexity index is 1260. The summed E-state index contributed by atoms with van der Waals surface area (Å²) in [5.41, 5.74) is -2.54. The normalized spacial score (nSPS) is 15.4. The predicted octanol–water partition coefficient (Wildman–Crippen LogP) is 4.65. The van der Waals surface area contributed by atoms with E-state index in [1.807, 2.05) is 5.32 Å². The molecule has 41 heavy (non-hydrogen) atoms. The van der Waals surface area contributed by atoms with Crippen molar-refractivity contribution in [3.05, 3.63) is 45.1 Å². The summed E-state index contributed by atoms with van der Waals surface area (Å²) in [7, 11) is 0. The maximum Gasteiger partial charge on any atom is 0.418 e. The van der Waals surface area contributed by atoms with Gasteiger partial charge in [-0.2, -0.15) is 26.3 Å². The number of alkyl halides is 8. The Balaban J connectivity index is 1.93. The predicted molar refractivity (Wildman–Crippen MR) is 132 cm³/mol. The molecule has 1 aliphatic heterocycles. The third kappa shape index (κ3) is 9.24. The zero-order chi connectivity index (χ0) is 30.5. The lowest BCUT2D eigenvalue weighted by atomic mass is 10.1. The molecule has 2 aromatic rings. The number of carbonyl (C=O) groups excluding carboxylic acids is 3. The second-order valence-corrected chi connectivity index (χ2v) is 10.3. The zero-order valence-electron chi connectivity index (χ0n) is 20.6. The third-order valence-electron chi connectivity index (χ3n) is 5.62. The molecule has 1 aromatic carbocycles. The van der Waals surface area contributed by atoms with E-state index in [0.717, 1.165) is 28.4 Å². The van der Waals surface area contributed by atoms with Crippen LogP contribution in [0.2, 0.25) is 4.34 Å². The van der Waals surface area contributed by atoms with E-state index in [1.165, 1.54) is 12.1 Å². The maximum atomic E-state index is 13.9. The van der Waals surface area contributed by atoms with Gasteiger partial charge in [-0.15, -0.1) is 11.3 Å². The summed E-state index contributed by atoms with van der Waals surface area (Å²) in [4.78, 5) is 38.6. The standard InChI is InChI=1S/C23H21ClF8N4O4S/c24-17-4-3-16(41-17)21(39)33-8-15(35(9-18(25)26)11-22(27,28)29)20(38)34-14-2-1-12(7-13(14)23(30,31)32)36-5-6-40-10-19(36)37/h1-4,7,15,18H,5-6,8-11H2,(H,33,39)(H,34,38)/t15-/m0/s1. The van der Waals surface area contributed by atoms with E-state index in [-0.39, 0.29) is 39.6 Å². The number of rotatable bonds is 10. The average molecular weight is 637 g/mol. The fourth-order valence-corrected chi connectivity index (χ4v) is 4.82. The van der Waals surface area contributed by atoms with Gasteiger partial charge in [0, 0.05) is 18.8 Å². The molecule has 0 bridgehead atoms. The van der Waals surface area contributed by atoms with Crippen molar-refractivity contribution >= 4 is 52.0 Å². The highest BCUT2D eigenvalue weighted by Gasteiger charge is 2.40. The summed E-state index contributed by atoms with van der Waals surface area (Å²) < 4.78 is 113. The topological polar surface area (TPSA) is 91.0 Å². The van der Waals surface area contributed by atoms with Crippen LogP contribution in [0.1, 0.15) is 15.2 Å². The van der Waals surface area contributed by atoms with Crippen LogP contribution in [-0.2, 0) is 20.5 Å². The molecule has 226 valence electrons. The minimum atomic E-state index is -5.11. The van der Waals surface area contributed by atoms with Gasteiger partial charge in [-0.25, -0.2) is 8.78 Å². The molecule has 2 N–H and O–H groups in total. The minimum absolute atomic E-state index is 0.00963. The number of anilines is 2. The highest BCUT2D eigenvalue weighted by Crippen LogP contribution is 2.38. The fourth-order valence-electron chi connectivity index (χ4n) is 3.86. The summed E-state index contributed by atoms with van der Waals surface area (Å²) in [5.74, 6) is -3.06. The Morgan fingerprint density at radius 3 is 2.39 bits per heavy atom. The fraction of sp³-hybridized carbons (Fsp3) is 0.435. The zero-order valence-corrected chi connectivity index (χ0v) is 22.2. The molecule has 1 fully saturated rings. The van der Waals surface area contributed by atoms with Gasteiger partial charge in [0.25, 0.3) is 18.2 Å². The lowest BCUT2D eigenvalue weighted by molar-refractivity contribution is -0.157. The van der Waals surface area contributed by atoms with Gasteiger partial charge < -0.3 is 20.3 Å². The molecule has 0 saturated carbocycles. The molecule has 1 aromatic heterocycles. The molecule has 3 rings (SSSR count). The molecule has 0 radical (unpaired) electrons. The number of morpholine rings is 1. The van der Waals surface area contributed by atoms with Crippen molar-refractivity contribution in [2.45, 2.75) is 24.8 Å². The molecule has 3 amide bonds. The van der Waals surface area contributed by atoms with Crippen molar-refractivity contribution in [3.8, 4) is 0 Å². The molecule has 18 heteroatoms. The summed E-state index contributed by atoms with van der Waals surface area (Å²) in [5, 5.41) is 4.00. The van der Waals surface area contributed by atoms with Crippen LogP contribution >= 0.6 is 22.9 Å². The highest BCUT2D eigenvalue weighted by atomic mass is 35.5. The lowest BCUT2D eigenvalue weighted by Crippen LogP contribution is -2.54. The van der Waals surface area contributed by atoms with Gasteiger partial charge in [-0.05, 0) is 30.3 Å². The maximum absolute atomic E-state index is 13.9. The van der Waals surface area contributed by atoms with Crippen LogP contribution in [-0.4, -0.2) is 80.7 Å². The van der Waals surface area contributed by atoms with Gasteiger partial charge in [-0.3, -0.25) is 19.3 Å². The Kier molecular flexibility index (Phi) is 10.5. The van der Waals surface area contributed by atoms with Crippen LogP contribution in [0.15, 0.2) is 30.3 Å². The molecular weight excluding hydrogens is 616 g/mol. The van der Waals surface area contributed by atoms with Crippen molar-refractivity contribution < 1.29 is 54.2 Å². The van der Waals surface area contributed by atoms with E-state index in [4.69, 9.17) is 16.3 Å². The Hall–Kier alpha value is -3.02. The molecule has 1 aliphatic rings. The van der Waals surface area contributed by atoms with Crippen molar-refractivity contribution in [3.63, 3.8) is 0 Å². The number of hydrogen-bond acceptors (Lipinski definition) is 6. The third-order valence-corrected chi connectivity index (χ3v) is 6.85. The van der Waals surface area contributed by atoms with Crippen molar-refractivity contribution in [1.82, 2.24) is 10.2 Å². The van der Waals surface area contributed by atoms with Crippen LogP contribution in [0.3, 0.4) is 0 Å². The molecular formula is C23H21ClF8N4O4S. The minimum Gasteiger partial charge on any atom is -0.370 e. The number of nitrogens with zero attached hydrogens (tertiary/aromatic N) is 2. The molecule has 0 aliphatic carbocycles. The molecule has 1 atom stereocenters. The number of halogens is 9. The smallest absolute Gasteiger partial charge is 0.370 e. The Labute approximate surface area is 236 Å². The van der Waals surface area contributed by atoms with Crippen LogP contribution in [0.5, 0.6) is 0 Å². The van der Waals surface area contributed by atoms with Gasteiger partial charge in [-0.1, -0.05) is 11.6 Å². The van der Waals surface area contributed by atoms with E-state index in [1.54, 1.807) is 0 Å². The molecule has 8 nitrogen and oxygen atoms in total. The SMILES string of the molecule is O=C(NC[C@@H](C(=O)Nc1ccc(N2CCOCC2=O)cc1C(F)(F)F)N(CC(F)F)CC(F)(F)F)c1ccc(Cl)s1. The lowest BCUT2D eigenvalue weighted by Gasteiger charge is -2.32. The van der Waals surface area contributed by atoms with Crippen LogP contribution in [0.4, 0.5) is 46.5 Å². The first-order valence-electron chi connectivity index (χ1n) is 11.6. The highest BCUT2D eigenvalue weighted by molar-refractivity contribution is 7.18. The van der Waals surface area contributed by atoms with Crippen LogP contribution in [0, 0.1) is 0 Å². The number of amides is 3. The van der Waals surface area contributed by atoms with Gasteiger partial charge >= 0.3 is 12.4 Å². The second kappa shape index (κ2) is 13.3. The molecule has 0 spiro atoms. The Morgan fingerprint density at radius 1 is 1.12 bits per heavy atom. The van der Waals surface area contributed by atoms with Gasteiger partial charge in [0.05, 0.1) is 40.2 Å². The van der Waals surface area contributed by atoms with Crippen LogP contribution in [0.25, 0.3) is 0 Å². The van der Waals surface area contributed by atoms with Crippen LogP contribution < -0.4 is 15.5 Å². The van der Waals surface area contributed by atoms with E-state index in [2.05, 4.69) is 5.32 Å². The molecule has 1 saturated heterocycles. The second-order valence-electron chi connectivity index (χ2n) is 8.58. The largest absolute Gasteiger partial charge is 0.418 e. The van der Waals surface area contributed by atoms with Crippen molar-refractivity contribution in [2.75, 3.05) is 49.6 Å². The first-order valence-corrected chi connectivity index (χ1v) is 12.8. The number of ether oxygens (including phenoxy) is 1. The van der Waals surface area contributed by atoms with E-state index in [0.29, 0.717) is 6.07 Å². The average Bonchev–Trinajstić information content (AvgIpc) is 3.29. The number of thiophene rings is 1. The van der Waals surface area contributed by atoms with E-state index >= 15 is 0 Å². The first kappa shape index (κ1) is 32.5. The summed E-state index contributed by atoms with van der Waals surface area (Å²) >= 11 is 6.53. The summed E-state index contributed by atoms with van der Waals surface area (Å²) in [6.07, 6.45) is -13.6. The number of benzene rings is 1. The number of nitrogens with one attached hydrogen (secondary N) is 2. The van der Waals surface area contributed by atoms with Crippen molar-refractivity contribution in [1.29, 1.82) is 0 Å². The van der Waals surface area contributed by atoms with Gasteiger partial charge in [0.15, 0.2) is 0 Å². The molecule has 2 heterocycles. The van der Waals surface area contributed by atoms with E-state index in [9.17, 15) is 49.5 Å². The Morgan fingerprint density at radius 2 is 1.83 bits per heavy atom. The summed E-state index contributed by atoms with van der Waals surface area (Å²) in [6, 6.07) is 2.83. The van der Waals surface area contributed by atoms with E-state index < -0.39 is 73.4 Å². The van der Waals surface area contributed by atoms with Gasteiger partial charge in [0.1, 0.15) is 12.6 Å². The monoisotopic (exact) mass is 636 g/mol. The number of hydrogen-bond donors (Lipinski definition) is 2. The van der Waals surface area contributed by atoms with Crippen molar-refractivity contribution in [2.24, 2.45) is 0 Å². The molecule has 0 unspecified atom stereocenters. The quantitative estimate of drug-likeness (QED) is 0.371. The first-order chi connectivity index (χ1) is 19.0. The van der Waals surface area contributed by atoms with Gasteiger partial charge in [0.2, 0.25) is 5.91 Å².